The summed E-state index contributed by atoms with van der Waals surface area (Å²) in [5.74, 6) is -1.79. The highest BCUT2D eigenvalue weighted by atomic mass is 35.5. The monoisotopic (exact) mass is 675 g/mol. The number of hydrogen-bond acceptors (Lipinski definition) is 12. The van der Waals surface area contributed by atoms with Crippen LogP contribution in [0.15, 0.2) is 53.9 Å². The van der Waals surface area contributed by atoms with Crippen molar-refractivity contribution in [1.82, 2.24) is 35.0 Å². The van der Waals surface area contributed by atoms with E-state index in [2.05, 4.69) is 27.0 Å². The zero-order chi connectivity index (χ0) is 32.3. The molecule has 1 aromatic heterocycles. The van der Waals surface area contributed by atoms with Gasteiger partial charge in [0, 0.05) is 37.0 Å². The summed E-state index contributed by atoms with van der Waals surface area (Å²) >= 11 is 0. The Balaban J connectivity index is 0.00000433. The van der Waals surface area contributed by atoms with Crippen LogP contribution in [-0.2, 0) is 19.8 Å². The van der Waals surface area contributed by atoms with E-state index in [0.717, 1.165) is 25.0 Å². The standard InChI is InChI=1S/C29H32F2N9O6.ClH/c1-20(38-10-11-39(27(38)41)22-5-7-23(8-6-22)40-16-32-34-35-40)29(43,25-9-4-21(30)13-26(25)31)15-37-18-36(17-33-37)19-46-28(42)45-14-24-3-2-12-44-24;/h4-9,13,16,20,24,43H,2-3,10-12,14-15,18-19H2,1H3;1H/q+1;/p-1/t20-,24?,29+;/m1./s1. The van der Waals surface area contributed by atoms with Crippen molar-refractivity contribution in [2.24, 2.45) is 5.10 Å². The lowest BCUT2D eigenvalue weighted by Gasteiger charge is -2.40. The van der Waals surface area contributed by atoms with E-state index in [1.165, 1.54) is 25.8 Å². The van der Waals surface area contributed by atoms with Crippen molar-refractivity contribution in [1.29, 1.82) is 0 Å². The Labute approximate surface area is 274 Å². The highest BCUT2D eigenvalue weighted by Crippen LogP contribution is 2.35. The summed E-state index contributed by atoms with van der Waals surface area (Å²) in [5, 5.41) is 28.8. The van der Waals surface area contributed by atoms with Crippen LogP contribution in [0.1, 0.15) is 25.3 Å². The number of amides is 2. The van der Waals surface area contributed by atoms with Gasteiger partial charge in [-0.2, -0.15) is 0 Å². The van der Waals surface area contributed by atoms with Crippen LogP contribution in [0.5, 0.6) is 0 Å². The lowest BCUT2D eigenvalue weighted by Crippen LogP contribution is -3.00. The van der Waals surface area contributed by atoms with E-state index in [1.807, 2.05) is 0 Å². The van der Waals surface area contributed by atoms with E-state index in [9.17, 15) is 19.1 Å². The zero-order valence-corrected chi connectivity index (χ0v) is 26.0. The molecule has 3 aliphatic heterocycles. The second-order valence-electron chi connectivity index (χ2n) is 11.1. The number of urea groups is 1. The molecule has 0 saturated carbocycles. The lowest BCUT2D eigenvalue weighted by atomic mass is 9.85. The number of carbonyl (C=O) groups excluding carboxylic acids is 2. The average Bonchev–Trinajstić information content (AvgIpc) is 3.87. The fraction of sp³-hybridized carbons (Fsp3) is 0.448. The quantitative estimate of drug-likeness (QED) is 0.200. The molecule has 2 saturated heterocycles. The van der Waals surface area contributed by atoms with E-state index in [0.29, 0.717) is 30.6 Å². The molecule has 47 heavy (non-hydrogen) atoms. The Kier molecular flexibility index (Phi) is 10.3. The van der Waals surface area contributed by atoms with Gasteiger partial charge < -0.3 is 36.6 Å². The minimum Gasteiger partial charge on any atom is -1.00 e. The average molecular weight is 676 g/mol. The second-order valence-corrected chi connectivity index (χ2v) is 11.1. The fourth-order valence-corrected chi connectivity index (χ4v) is 5.69. The number of halogens is 3. The first-order valence-corrected chi connectivity index (χ1v) is 14.7. The van der Waals surface area contributed by atoms with Crippen LogP contribution in [0.3, 0.4) is 0 Å². The smallest absolute Gasteiger partial charge is 0.547 e. The van der Waals surface area contributed by atoms with Crippen molar-refractivity contribution in [2.45, 2.75) is 37.5 Å². The van der Waals surface area contributed by atoms with Gasteiger partial charge in [-0.05, 0) is 60.5 Å². The maximum atomic E-state index is 15.2. The normalized spacial score (nSPS) is 19.4. The number of carbonyl (C=O) groups is 2. The Morgan fingerprint density at radius 1 is 1.17 bits per heavy atom. The highest BCUT2D eigenvalue weighted by Gasteiger charge is 2.48. The first kappa shape index (κ1) is 33.7. The lowest BCUT2D eigenvalue weighted by molar-refractivity contribution is -0.0606. The molecule has 3 atom stereocenters. The second kappa shape index (κ2) is 14.4. The predicted molar refractivity (Wildman–Crippen MR) is 155 cm³/mol. The molecule has 4 heterocycles. The van der Waals surface area contributed by atoms with Gasteiger partial charge in [0.05, 0.1) is 24.4 Å². The molecule has 1 N–H and O–H groups in total. The van der Waals surface area contributed by atoms with Gasteiger partial charge in [-0.25, -0.2) is 28.1 Å². The molecule has 2 amide bonds. The van der Waals surface area contributed by atoms with Gasteiger partial charge in [-0.1, -0.05) is 11.0 Å². The van der Waals surface area contributed by atoms with Gasteiger partial charge in [-0.15, -0.1) is 5.10 Å². The maximum absolute atomic E-state index is 15.2. The number of hydrogen-bond donors (Lipinski definition) is 1. The highest BCUT2D eigenvalue weighted by molar-refractivity contribution is 5.94. The van der Waals surface area contributed by atoms with E-state index >= 15 is 4.39 Å². The van der Waals surface area contributed by atoms with Crippen molar-refractivity contribution in [2.75, 3.05) is 51.1 Å². The van der Waals surface area contributed by atoms with E-state index < -0.39 is 35.5 Å². The molecule has 6 rings (SSSR count). The molecule has 2 fully saturated rings. The number of aliphatic hydroxyl groups is 1. The molecule has 2 aromatic carbocycles. The fourth-order valence-electron chi connectivity index (χ4n) is 5.69. The van der Waals surface area contributed by atoms with Crippen LogP contribution < -0.4 is 17.3 Å². The number of rotatable bonds is 11. The first-order chi connectivity index (χ1) is 22.2. The van der Waals surface area contributed by atoms with Gasteiger partial charge in [0.15, 0.2) is 6.67 Å². The number of anilines is 1. The minimum atomic E-state index is -2.05. The van der Waals surface area contributed by atoms with Gasteiger partial charge in [-0.3, -0.25) is 4.90 Å². The molecule has 3 aromatic rings. The number of β-amino-alcohol motifs (C(OH)–C–C–N with tert-alkyl or cyclic N) is 1. The van der Waals surface area contributed by atoms with Crippen molar-refractivity contribution in [3.63, 3.8) is 0 Å². The van der Waals surface area contributed by atoms with Crippen LogP contribution in [0, 0.1) is 11.6 Å². The first-order valence-electron chi connectivity index (χ1n) is 14.7. The molecule has 18 heteroatoms. The van der Waals surface area contributed by atoms with E-state index in [1.54, 1.807) is 36.1 Å². The summed E-state index contributed by atoms with van der Waals surface area (Å²) in [7, 11) is 0. The number of tetrazole rings is 1. The molecular weight excluding hydrogens is 644 g/mol. The Bertz CT molecular complexity index is 1560. The number of ether oxygens (including phenoxy) is 3. The molecule has 1 unspecified atom stereocenters. The van der Waals surface area contributed by atoms with Crippen LogP contribution >= 0.6 is 0 Å². The Morgan fingerprint density at radius 2 is 1.96 bits per heavy atom. The summed E-state index contributed by atoms with van der Waals surface area (Å²) in [5.41, 5.74) is -0.946. The van der Waals surface area contributed by atoms with Crippen molar-refractivity contribution < 1.29 is 50.1 Å². The number of aromatic nitrogens is 4. The maximum Gasteiger partial charge on any atom is 0.547 e. The summed E-state index contributed by atoms with van der Waals surface area (Å²) in [6.07, 6.45) is 4.82. The third kappa shape index (κ3) is 7.33. The zero-order valence-electron chi connectivity index (χ0n) is 25.3. The summed E-state index contributed by atoms with van der Waals surface area (Å²) in [6, 6.07) is 8.51. The van der Waals surface area contributed by atoms with Gasteiger partial charge >= 0.3 is 18.5 Å². The van der Waals surface area contributed by atoms with E-state index in [4.69, 9.17) is 14.2 Å². The van der Waals surface area contributed by atoms with Crippen molar-refractivity contribution in [3.05, 3.63) is 66.0 Å². The van der Waals surface area contributed by atoms with Crippen LogP contribution in [0.4, 0.5) is 24.1 Å². The third-order valence-corrected chi connectivity index (χ3v) is 8.21. The molecule has 3 aliphatic rings. The number of nitrogens with zero attached hydrogens (tertiary/aromatic N) is 9. The Morgan fingerprint density at radius 3 is 2.66 bits per heavy atom. The summed E-state index contributed by atoms with van der Waals surface area (Å²) in [4.78, 5) is 30.1. The molecular formula is C29H32ClF2N9O6. The topological polar surface area (TPSA) is 151 Å². The molecule has 0 radical (unpaired) electrons. The largest absolute Gasteiger partial charge is 1.00 e. The van der Waals surface area contributed by atoms with Gasteiger partial charge in [0.1, 0.15) is 35.3 Å². The van der Waals surface area contributed by atoms with E-state index in [-0.39, 0.29) is 57.2 Å². The summed E-state index contributed by atoms with van der Waals surface area (Å²) < 4.78 is 46.3. The third-order valence-electron chi connectivity index (χ3n) is 8.21. The van der Waals surface area contributed by atoms with Crippen molar-refractivity contribution in [3.8, 4) is 5.69 Å². The molecule has 15 nitrogen and oxygen atoms in total. The van der Waals surface area contributed by atoms with Gasteiger partial charge in [0.2, 0.25) is 6.73 Å². The molecule has 0 aliphatic carbocycles. The van der Waals surface area contributed by atoms with Crippen LogP contribution in [0.25, 0.3) is 5.69 Å². The molecule has 0 spiro atoms. The Hall–Kier alpha value is -4.70. The van der Waals surface area contributed by atoms with Crippen LogP contribution in [-0.4, -0.2) is 117 Å². The number of benzene rings is 2. The molecule has 0 bridgehead atoms. The minimum absolute atomic E-state index is 0. The molecule has 250 valence electrons. The van der Waals surface area contributed by atoms with Crippen molar-refractivity contribution >= 4 is 24.2 Å². The number of hydrazone groups is 1. The predicted octanol–water partition coefficient (Wildman–Crippen LogP) is -0.852. The van der Waals surface area contributed by atoms with Gasteiger partial charge in [0.25, 0.3) is 0 Å². The van der Waals surface area contributed by atoms with Crippen LogP contribution in [0.2, 0.25) is 0 Å². The summed E-state index contributed by atoms with van der Waals surface area (Å²) in [6.45, 7) is 2.33. The SMILES string of the molecule is C[C@@H](N1CCN(c2ccc(-n3cnnn3)cc2)C1=O)[C@@](O)(CN1CN(COC(=O)OCC2CCCO2)[C+]=N1)c1ccc(F)cc1F.[Cl-].